The number of likely N-dealkylation sites (N-methyl/N-ethyl adjacent to an activating group) is 1. The van der Waals surface area contributed by atoms with E-state index >= 15 is 0 Å². The molecule has 0 radical (unpaired) electrons. The van der Waals surface area contributed by atoms with Gasteiger partial charge in [-0.05, 0) is 76.6 Å². The van der Waals surface area contributed by atoms with Crippen LogP contribution < -0.4 is 5.69 Å². The standard InChI is InChI=1S/C25H38Cl2N4O/c1-17(2)18-5-7-19(8-6-18)29-11-9-20(10-12-29)31-24-16-22(27)21(26)15-23(24)30(25(31)32)14-13-28(3)4/h15-20H,5-14H2,1-4H3/t18-,19+. The van der Waals surface area contributed by atoms with Crippen LogP contribution in [0.4, 0.5) is 0 Å². The fourth-order valence-electron chi connectivity index (χ4n) is 5.78. The summed E-state index contributed by atoms with van der Waals surface area (Å²) in [5.41, 5.74) is 1.87. The van der Waals surface area contributed by atoms with Gasteiger partial charge in [-0.15, -0.1) is 0 Å². The number of aromatic nitrogens is 2. The summed E-state index contributed by atoms with van der Waals surface area (Å²) in [6, 6.07) is 4.67. The van der Waals surface area contributed by atoms with Gasteiger partial charge in [0.1, 0.15) is 0 Å². The maximum absolute atomic E-state index is 13.5. The van der Waals surface area contributed by atoms with Crippen molar-refractivity contribution in [2.24, 2.45) is 11.8 Å². The summed E-state index contributed by atoms with van der Waals surface area (Å²) < 4.78 is 3.87. The van der Waals surface area contributed by atoms with Gasteiger partial charge in [0.25, 0.3) is 0 Å². The number of piperidine rings is 1. The minimum atomic E-state index is 0.0658. The zero-order valence-corrected chi connectivity index (χ0v) is 21.5. The Bertz CT molecular complexity index is 980. The van der Waals surface area contributed by atoms with Crippen LogP contribution in [0.2, 0.25) is 10.0 Å². The molecular formula is C25H38Cl2N4O. The Kier molecular flexibility index (Phi) is 7.60. The highest BCUT2D eigenvalue weighted by atomic mass is 35.5. The van der Waals surface area contributed by atoms with E-state index in [2.05, 4.69) is 23.6 Å². The van der Waals surface area contributed by atoms with Gasteiger partial charge in [0.2, 0.25) is 0 Å². The second kappa shape index (κ2) is 10.1. The first-order valence-corrected chi connectivity index (χ1v) is 13.0. The molecule has 4 rings (SSSR count). The molecule has 5 nitrogen and oxygen atoms in total. The van der Waals surface area contributed by atoms with Crippen molar-refractivity contribution < 1.29 is 0 Å². The molecule has 1 saturated heterocycles. The van der Waals surface area contributed by atoms with Crippen molar-refractivity contribution in [1.29, 1.82) is 0 Å². The molecular weight excluding hydrogens is 443 g/mol. The molecule has 32 heavy (non-hydrogen) atoms. The van der Waals surface area contributed by atoms with Gasteiger partial charge in [-0.1, -0.05) is 37.0 Å². The van der Waals surface area contributed by atoms with Crippen molar-refractivity contribution in [3.63, 3.8) is 0 Å². The third kappa shape index (κ3) is 4.91. The number of benzene rings is 1. The van der Waals surface area contributed by atoms with Crippen molar-refractivity contribution >= 4 is 34.2 Å². The molecule has 0 bridgehead atoms. The van der Waals surface area contributed by atoms with Crippen LogP contribution >= 0.6 is 23.2 Å². The Balaban J connectivity index is 1.52. The van der Waals surface area contributed by atoms with E-state index in [0.717, 1.165) is 61.4 Å². The lowest BCUT2D eigenvalue weighted by Gasteiger charge is -2.41. The van der Waals surface area contributed by atoms with E-state index in [4.69, 9.17) is 23.2 Å². The summed E-state index contributed by atoms with van der Waals surface area (Å²) in [6.07, 6.45) is 7.39. The highest BCUT2D eigenvalue weighted by molar-refractivity contribution is 6.42. The average molecular weight is 482 g/mol. The maximum atomic E-state index is 13.5. The van der Waals surface area contributed by atoms with E-state index in [1.807, 2.05) is 35.4 Å². The van der Waals surface area contributed by atoms with Crippen LogP contribution in [0.25, 0.3) is 11.0 Å². The summed E-state index contributed by atoms with van der Waals surface area (Å²) in [5.74, 6) is 1.70. The van der Waals surface area contributed by atoms with Crippen LogP contribution in [0.5, 0.6) is 0 Å². The van der Waals surface area contributed by atoms with Crippen molar-refractivity contribution in [3.05, 3.63) is 32.7 Å². The van der Waals surface area contributed by atoms with E-state index in [9.17, 15) is 4.79 Å². The van der Waals surface area contributed by atoms with Crippen LogP contribution in [-0.2, 0) is 6.54 Å². The van der Waals surface area contributed by atoms with Gasteiger partial charge in [-0.2, -0.15) is 0 Å². The minimum Gasteiger partial charge on any atom is -0.308 e. The van der Waals surface area contributed by atoms with Gasteiger partial charge in [0.15, 0.2) is 0 Å². The number of nitrogens with zero attached hydrogens (tertiary/aromatic N) is 4. The number of halogens is 2. The van der Waals surface area contributed by atoms with Crippen LogP contribution in [0.1, 0.15) is 58.4 Å². The fraction of sp³-hybridized carbons (Fsp3) is 0.720. The van der Waals surface area contributed by atoms with Crippen LogP contribution in [0.3, 0.4) is 0 Å². The van der Waals surface area contributed by atoms with Crippen molar-refractivity contribution in [2.75, 3.05) is 33.7 Å². The number of hydrogen-bond acceptors (Lipinski definition) is 3. The molecule has 0 unspecified atom stereocenters. The largest absolute Gasteiger partial charge is 0.329 e. The molecule has 1 aromatic carbocycles. The summed E-state index contributed by atoms with van der Waals surface area (Å²) in [4.78, 5) is 18.3. The smallest absolute Gasteiger partial charge is 0.308 e. The summed E-state index contributed by atoms with van der Waals surface area (Å²) >= 11 is 12.7. The van der Waals surface area contributed by atoms with E-state index < -0.39 is 0 Å². The Hall–Kier alpha value is -1.01. The fourth-order valence-corrected chi connectivity index (χ4v) is 6.10. The Morgan fingerprint density at radius 3 is 2.09 bits per heavy atom. The van der Waals surface area contributed by atoms with Crippen molar-refractivity contribution in [3.8, 4) is 0 Å². The zero-order chi connectivity index (χ0) is 23.0. The Morgan fingerprint density at radius 1 is 0.938 bits per heavy atom. The molecule has 0 N–H and O–H groups in total. The highest BCUT2D eigenvalue weighted by Crippen LogP contribution is 2.35. The lowest BCUT2D eigenvalue weighted by atomic mass is 9.79. The van der Waals surface area contributed by atoms with Gasteiger partial charge in [-0.25, -0.2) is 4.79 Å². The number of hydrogen-bond donors (Lipinski definition) is 0. The predicted molar refractivity (Wildman–Crippen MR) is 135 cm³/mol. The first kappa shape index (κ1) is 24.1. The molecule has 2 aliphatic rings. The van der Waals surface area contributed by atoms with E-state index in [1.165, 1.54) is 25.7 Å². The summed E-state index contributed by atoms with van der Waals surface area (Å²) in [5, 5.41) is 1.01. The molecule has 7 heteroatoms. The van der Waals surface area contributed by atoms with Gasteiger partial charge in [0, 0.05) is 38.3 Å². The number of likely N-dealkylation sites (tertiary alicyclic amines) is 1. The van der Waals surface area contributed by atoms with Gasteiger partial charge in [0.05, 0.1) is 21.1 Å². The molecule has 1 saturated carbocycles. The maximum Gasteiger partial charge on any atom is 0.329 e. The molecule has 1 aliphatic carbocycles. The molecule has 2 heterocycles. The Morgan fingerprint density at radius 2 is 1.53 bits per heavy atom. The number of imidazole rings is 1. The lowest BCUT2D eigenvalue weighted by Crippen LogP contribution is -2.45. The zero-order valence-electron chi connectivity index (χ0n) is 20.0. The third-order valence-electron chi connectivity index (χ3n) is 7.84. The lowest BCUT2D eigenvalue weighted by molar-refractivity contribution is 0.0886. The van der Waals surface area contributed by atoms with Crippen molar-refractivity contribution in [1.82, 2.24) is 18.9 Å². The molecule has 1 aromatic heterocycles. The molecule has 2 aromatic rings. The van der Waals surface area contributed by atoms with E-state index in [1.54, 1.807) is 0 Å². The number of fused-ring (bicyclic) bond motifs is 1. The van der Waals surface area contributed by atoms with Crippen LogP contribution in [0.15, 0.2) is 16.9 Å². The van der Waals surface area contributed by atoms with E-state index in [-0.39, 0.29) is 11.7 Å². The van der Waals surface area contributed by atoms with Gasteiger partial charge in [-0.3, -0.25) is 9.13 Å². The topological polar surface area (TPSA) is 33.4 Å². The minimum absolute atomic E-state index is 0.0658. The summed E-state index contributed by atoms with van der Waals surface area (Å²) in [7, 11) is 4.05. The van der Waals surface area contributed by atoms with E-state index in [0.29, 0.717) is 16.6 Å². The predicted octanol–water partition coefficient (Wildman–Crippen LogP) is 5.52. The third-order valence-corrected chi connectivity index (χ3v) is 8.56. The molecule has 0 amide bonds. The molecule has 0 atom stereocenters. The van der Waals surface area contributed by atoms with Gasteiger partial charge >= 0.3 is 5.69 Å². The quantitative estimate of drug-likeness (QED) is 0.545. The van der Waals surface area contributed by atoms with Gasteiger partial charge < -0.3 is 9.80 Å². The first-order chi connectivity index (χ1) is 15.3. The number of rotatable bonds is 6. The van der Waals surface area contributed by atoms with Crippen molar-refractivity contribution in [2.45, 2.75) is 71.0 Å². The first-order valence-electron chi connectivity index (χ1n) is 12.2. The Labute approximate surface area is 202 Å². The summed E-state index contributed by atoms with van der Waals surface area (Å²) in [6.45, 7) is 8.31. The second-order valence-corrected chi connectivity index (χ2v) is 11.3. The molecule has 1 aliphatic heterocycles. The normalized spacial score (nSPS) is 23.6. The van der Waals surface area contributed by atoms with Crippen LogP contribution in [0, 0.1) is 11.8 Å². The molecule has 2 fully saturated rings. The average Bonchev–Trinajstić information content (AvgIpc) is 3.03. The molecule has 178 valence electrons. The monoisotopic (exact) mass is 480 g/mol. The second-order valence-electron chi connectivity index (χ2n) is 10.4. The molecule has 0 spiro atoms. The SMILES string of the molecule is CC(C)[C@H]1CC[C@@H](N2CCC(n3c(=O)n(CCN(C)C)c4cc(Cl)c(Cl)cc43)CC2)CC1. The highest BCUT2D eigenvalue weighted by Gasteiger charge is 2.31. The van der Waals surface area contributed by atoms with Crippen LogP contribution in [-0.4, -0.2) is 58.7 Å².